The summed E-state index contributed by atoms with van der Waals surface area (Å²) in [6.45, 7) is 13.3. The summed E-state index contributed by atoms with van der Waals surface area (Å²) in [6.07, 6.45) is 4.85. The second-order valence-electron chi connectivity index (χ2n) is 10.5. The van der Waals surface area contributed by atoms with Crippen LogP contribution < -0.4 is 14.2 Å². The van der Waals surface area contributed by atoms with Gasteiger partial charge in [0, 0.05) is 17.9 Å². The zero-order chi connectivity index (χ0) is 30.1. The number of ether oxygens (including phenoxy) is 4. The van der Waals surface area contributed by atoms with E-state index in [0.29, 0.717) is 17.7 Å². The van der Waals surface area contributed by atoms with E-state index in [1.54, 1.807) is 6.92 Å². The van der Waals surface area contributed by atoms with Gasteiger partial charge in [-0.2, -0.15) is 0 Å². The molecular formula is C31H47NO8. The third-order valence-corrected chi connectivity index (χ3v) is 7.26. The number of aliphatic hydroxyl groups excluding tert-OH is 4. The van der Waals surface area contributed by atoms with Gasteiger partial charge in [0.25, 0.3) is 5.88 Å². The van der Waals surface area contributed by atoms with Crippen molar-refractivity contribution in [2.75, 3.05) is 14.2 Å². The summed E-state index contributed by atoms with van der Waals surface area (Å²) in [5.74, 6) is 0.751. The van der Waals surface area contributed by atoms with Crippen LogP contribution in [0.15, 0.2) is 47.1 Å². The maximum absolute atomic E-state index is 10.5. The molecule has 224 valence electrons. The number of pyridine rings is 1. The van der Waals surface area contributed by atoms with Gasteiger partial charge in [0.15, 0.2) is 5.75 Å². The molecule has 4 N–H and O–H groups in total. The fraction of sp³-hybridized carbons (Fsp3) is 0.581. The lowest BCUT2D eigenvalue weighted by molar-refractivity contribution is -0.268. The van der Waals surface area contributed by atoms with Crippen LogP contribution >= 0.6 is 0 Å². The first-order valence-corrected chi connectivity index (χ1v) is 13.6. The zero-order valence-corrected chi connectivity index (χ0v) is 25.2. The molecule has 1 aliphatic rings. The van der Waals surface area contributed by atoms with Crippen molar-refractivity contribution < 1.29 is 39.4 Å². The Labute approximate surface area is 238 Å². The van der Waals surface area contributed by atoms with E-state index in [1.165, 1.54) is 14.2 Å². The average molecular weight is 562 g/mol. The molecule has 9 heteroatoms. The molecule has 2 heterocycles. The number of hydrogen-bond acceptors (Lipinski definition) is 9. The Morgan fingerprint density at radius 2 is 1.73 bits per heavy atom. The Balaban J connectivity index is 2.20. The molecule has 0 unspecified atom stereocenters. The van der Waals surface area contributed by atoms with Crippen LogP contribution in [0.5, 0.6) is 17.4 Å². The smallest absolute Gasteiger partial charge is 0.261 e. The molecule has 1 saturated heterocycles. The molecule has 1 aromatic heterocycles. The molecule has 0 aromatic carbocycles. The highest BCUT2D eigenvalue weighted by Gasteiger charge is 2.43. The summed E-state index contributed by atoms with van der Waals surface area (Å²) in [6, 6.07) is 0. The van der Waals surface area contributed by atoms with E-state index in [1.807, 2.05) is 47.6 Å². The molecule has 0 spiro atoms. The average Bonchev–Trinajstić information content (AvgIpc) is 2.93. The van der Waals surface area contributed by atoms with E-state index < -0.39 is 36.8 Å². The molecule has 2 rings (SSSR count). The maximum atomic E-state index is 10.5. The minimum Gasteiger partial charge on any atom is -0.489 e. The van der Waals surface area contributed by atoms with Crippen LogP contribution in [-0.4, -0.2) is 76.4 Å². The number of aliphatic hydroxyl groups is 4. The second kappa shape index (κ2) is 15.3. The number of methoxy groups -OCH3 is 2. The monoisotopic (exact) mass is 561 g/mol. The summed E-state index contributed by atoms with van der Waals surface area (Å²) in [4.78, 5) is 4.61. The first-order valence-electron chi connectivity index (χ1n) is 13.6. The molecule has 0 aliphatic carbocycles. The van der Waals surface area contributed by atoms with Crippen molar-refractivity contribution >= 4 is 0 Å². The lowest BCUT2D eigenvalue weighted by atomic mass is 9.96. The number of rotatable bonds is 12. The number of hydrogen-bond donors (Lipinski definition) is 4. The van der Waals surface area contributed by atoms with Gasteiger partial charge in [-0.1, -0.05) is 48.5 Å². The minimum atomic E-state index is -1.47. The largest absolute Gasteiger partial charge is 0.489 e. The predicted molar refractivity (Wildman–Crippen MR) is 155 cm³/mol. The van der Waals surface area contributed by atoms with Gasteiger partial charge < -0.3 is 39.4 Å². The van der Waals surface area contributed by atoms with Crippen LogP contribution in [0.4, 0.5) is 0 Å². The Hall–Kier alpha value is -2.69. The van der Waals surface area contributed by atoms with Gasteiger partial charge in [0.2, 0.25) is 12.0 Å². The highest BCUT2D eigenvalue weighted by molar-refractivity contribution is 5.54. The normalized spacial score (nSPS) is 26.1. The summed E-state index contributed by atoms with van der Waals surface area (Å²) in [5, 5.41) is 41.0. The Kier molecular flexibility index (Phi) is 12.9. The van der Waals surface area contributed by atoms with E-state index >= 15 is 0 Å². The molecule has 1 aromatic rings. The molecule has 1 fully saturated rings. The highest BCUT2D eigenvalue weighted by Crippen LogP contribution is 2.41. The summed E-state index contributed by atoms with van der Waals surface area (Å²) < 4.78 is 22.6. The van der Waals surface area contributed by atoms with Crippen molar-refractivity contribution in [2.45, 2.75) is 98.1 Å². The van der Waals surface area contributed by atoms with Gasteiger partial charge in [-0.15, -0.1) is 0 Å². The summed E-state index contributed by atoms with van der Waals surface area (Å²) in [5.41, 5.74) is 4.54. The van der Waals surface area contributed by atoms with Crippen molar-refractivity contribution in [3.05, 3.63) is 58.4 Å². The molecule has 7 atom stereocenters. The third-order valence-electron chi connectivity index (χ3n) is 7.26. The minimum absolute atomic E-state index is 0.0182. The Bertz CT molecular complexity index is 1110. The second-order valence-corrected chi connectivity index (χ2v) is 10.5. The molecular weight excluding hydrogens is 514 g/mol. The van der Waals surface area contributed by atoms with Crippen LogP contribution in [0, 0.1) is 12.8 Å². The van der Waals surface area contributed by atoms with Crippen LogP contribution in [0.1, 0.15) is 59.2 Å². The maximum Gasteiger partial charge on any atom is 0.261 e. The van der Waals surface area contributed by atoms with Crippen LogP contribution in [0.3, 0.4) is 0 Å². The number of nitrogens with zero attached hydrogens (tertiary/aromatic N) is 1. The van der Waals surface area contributed by atoms with Crippen LogP contribution in [0.2, 0.25) is 0 Å². The lowest BCUT2D eigenvalue weighted by Crippen LogP contribution is -2.58. The van der Waals surface area contributed by atoms with E-state index in [9.17, 15) is 20.4 Å². The van der Waals surface area contributed by atoms with Crippen molar-refractivity contribution in [3.8, 4) is 17.4 Å². The van der Waals surface area contributed by atoms with Gasteiger partial charge in [-0.25, -0.2) is 4.98 Å². The summed E-state index contributed by atoms with van der Waals surface area (Å²) >= 11 is 0. The fourth-order valence-electron chi connectivity index (χ4n) is 4.47. The molecule has 0 saturated carbocycles. The molecule has 0 radical (unpaired) electrons. The van der Waals surface area contributed by atoms with Gasteiger partial charge in [0.1, 0.15) is 18.3 Å². The highest BCUT2D eigenvalue weighted by atomic mass is 16.7. The van der Waals surface area contributed by atoms with Crippen LogP contribution in [-0.2, 0) is 11.2 Å². The molecule has 0 bridgehead atoms. The first kappa shape index (κ1) is 33.5. The van der Waals surface area contributed by atoms with Crippen molar-refractivity contribution in [1.82, 2.24) is 4.98 Å². The van der Waals surface area contributed by atoms with Crippen LogP contribution in [0.25, 0.3) is 0 Å². The Morgan fingerprint density at radius 3 is 2.33 bits per heavy atom. The van der Waals surface area contributed by atoms with Gasteiger partial charge >= 0.3 is 0 Å². The zero-order valence-electron chi connectivity index (χ0n) is 25.2. The molecule has 40 heavy (non-hydrogen) atoms. The molecule has 1 aliphatic heterocycles. The fourth-order valence-corrected chi connectivity index (χ4v) is 4.47. The number of allylic oxidation sites excluding steroid dienone is 6. The number of aromatic nitrogens is 1. The summed E-state index contributed by atoms with van der Waals surface area (Å²) in [7, 11) is 2.93. The third kappa shape index (κ3) is 8.41. The SMILES string of the molecule is C/C=C(\C)[C@H](O)[C@H](C)/C=C(C)/C=C/C/C(C)=C/Cc1nc(OC)c(OC)c(O[C@@H]2O[C@@H](C)[C@@H](O)[C@@H](O)[C@H]2O)c1C. The van der Waals surface area contributed by atoms with Crippen molar-refractivity contribution in [2.24, 2.45) is 5.92 Å². The van der Waals surface area contributed by atoms with Crippen molar-refractivity contribution in [3.63, 3.8) is 0 Å². The Morgan fingerprint density at radius 1 is 1.05 bits per heavy atom. The van der Waals surface area contributed by atoms with Gasteiger partial charge in [-0.3, -0.25) is 0 Å². The molecule has 9 nitrogen and oxygen atoms in total. The van der Waals surface area contributed by atoms with E-state index in [-0.39, 0.29) is 23.3 Å². The topological polar surface area (TPSA) is 131 Å². The van der Waals surface area contributed by atoms with E-state index in [2.05, 4.69) is 29.3 Å². The van der Waals surface area contributed by atoms with Gasteiger partial charge in [0.05, 0.1) is 32.1 Å². The molecule has 0 amide bonds. The first-order chi connectivity index (χ1) is 18.9. The van der Waals surface area contributed by atoms with E-state index in [4.69, 9.17) is 18.9 Å². The predicted octanol–water partition coefficient (Wildman–Crippen LogP) is 3.96. The standard InChI is InChI=1S/C31H47NO8/c1-10-19(4)24(33)20(5)16-18(3)13-11-12-17(2)14-15-23-21(6)28(29(37-8)30(32-23)38-9)40-31-27(36)26(35)25(34)22(7)39-31/h10-11,13-14,16,20,22,24-27,31,33-36H,12,15H2,1-9H3/b13-11+,17-14+,18-16+,19-10+/t20-,22+,24+,25-,26-,27-,31+/m1/s1. The van der Waals surface area contributed by atoms with Gasteiger partial charge in [-0.05, 0) is 53.5 Å². The van der Waals surface area contributed by atoms with E-state index in [0.717, 1.165) is 23.1 Å². The quantitative estimate of drug-likeness (QED) is 0.221. The van der Waals surface area contributed by atoms with Crippen molar-refractivity contribution in [1.29, 1.82) is 0 Å². The lowest BCUT2D eigenvalue weighted by Gasteiger charge is -2.39.